The van der Waals surface area contributed by atoms with Gasteiger partial charge in [0, 0.05) is 0 Å². The molecule has 3 nitrogen and oxygen atoms in total. The highest BCUT2D eigenvalue weighted by Crippen LogP contribution is 2.36. The molecule has 3 heteroatoms. The van der Waals surface area contributed by atoms with E-state index in [1.807, 2.05) is 13.1 Å². The molecule has 0 aliphatic carbocycles. The maximum absolute atomic E-state index is 5.60. The van der Waals surface area contributed by atoms with Crippen molar-refractivity contribution < 1.29 is 4.42 Å². The molecule has 2 rings (SSSR count). The van der Waals surface area contributed by atoms with Crippen molar-refractivity contribution in [3.05, 3.63) is 24.2 Å². The van der Waals surface area contributed by atoms with E-state index in [1.54, 1.807) is 6.26 Å². The molecule has 1 fully saturated rings. The maximum atomic E-state index is 5.60. The van der Waals surface area contributed by atoms with Gasteiger partial charge in [-0.05, 0) is 57.6 Å². The molecule has 0 radical (unpaired) electrons. The Labute approximate surface area is 97.8 Å². The summed E-state index contributed by atoms with van der Waals surface area (Å²) in [5, 5.41) is 3.30. The average molecular weight is 222 g/mol. The topological polar surface area (TPSA) is 28.4 Å². The van der Waals surface area contributed by atoms with E-state index < -0.39 is 0 Å². The fourth-order valence-electron chi connectivity index (χ4n) is 2.81. The quantitative estimate of drug-likeness (QED) is 0.828. The predicted molar refractivity (Wildman–Crippen MR) is 65.3 cm³/mol. The molecule has 16 heavy (non-hydrogen) atoms. The second-order valence-electron chi connectivity index (χ2n) is 4.60. The van der Waals surface area contributed by atoms with Crippen LogP contribution >= 0.6 is 0 Å². The lowest BCUT2D eigenvalue weighted by Gasteiger charge is -2.26. The van der Waals surface area contributed by atoms with E-state index in [2.05, 4.69) is 23.2 Å². The van der Waals surface area contributed by atoms with Crippen molar-refractivity contribution in [3.63, 3.8) is 0 Å². The minimum atomic E-state index is 0.474. The summed E-state index contributed by atoms with van der Waals surface area (Å²) in [4.78, 5) is 2.56. The first-order chi connectivity index (χ1) is 7.86. The van der Waals surface area contributed by atoms with Crippen LogP contribution in [0.25, 0.3) is 0 Å². The Morgan fingerprint density at radius 1 is 1.56 bits per heavy atom. The van der Waals surface area contributed by atoms with Crippen LogP contribution in [-0.2, 0) is 0 Å². The van der Waals surface area contributed by atoms with Crippen LogP contribution in [0, 0.1) is 5.92 Å². The minimum Gasteiger partial charge on any atom is -0.468 e. The summed E-state index contributed by atoms with van der Waals surface area (Å²) in [5.74, 6) is 1.81. The lowest BCUT2D eigenvalue weighted by Crippen LogP contribution is -2.29. The molecule has 0 aromatic carbocycles. The van der Waals surface area contributed by atoms with Crippen molar-refractivity contribution in [2.24, 2.45) is 5.92 Å². The first-order valence-corrected chi connectivity index (χ1v) is 6.28. The molecule has 1 aromatic rings. The molecule has 0 amide bonds. The lowest BCUT2D eigenvalue weighted by atomic mass is 9.98. The summed E-state index contributed by atoms with van der Waals surface area (Å²) in [6.45, 7) is 5.69. The molecule has 2 unspecified atom stereocenters. The molecule has 1 aliphatic heterocycles. The largest absolute Gasteiger partial charge is 0.468 e. The molecular weight excluding hydrogens is 200 g/mol. The molecular formula is C13H22N2O. The summed E-state index contributed by atoms with van der Waals surface area (Å²) in [6, 6.07) is 4.58. The van der Waals surface area contributed by atoms with Crippen molar-refractivity contribution in [2.75, 3.05) is 26.7 Å². The number of hydrogen-bond acceptors (Lipinski definition) is 3. The highest BCUT2D eigenvalue weighted by atomic mass is 16.3. The van der Waals surface area contributed by atoms with E-state index in [9.17, 15) is 0 Å². The smallest absolute Gasteiger partial charge is 0.121 e. The Bertz CT molecular complexity index is 283. The fourth-order valence-corrected chi connectivity index (χ4v) is 2.81. The van der Waals surface area contributed by atoms with Crippen LogP contribution in [0.2, 0.25) is 0 Å². The summed E-state index contributed by atoms with van der Waals surface area (Å²) >= 11 is 0. The Kier molecular flexibility index (Phi) is 4.02. The number of likely N-dealkylation sites (tertiary alicyclic amines) is 1. The third kappa shape index (κ3) is 2.30. The van der Waals surface area contributed by atoms with Gasteiger partial charge in [-0.3, -0.25) is 4.90 Å². The Morgan fingerprint density at radius 3 is 3.06 bits per heavy atom. The van der Waals surface area contributed by atoms with Gasteiger partial charge in [-0.1, -0.05) is 6.92 Å². The zero-order valence-corrected chi connectivity index (χ0v) is 10.3. The third-order valence-corrected chi connectivity index (χ3v) is 3.44. The number of nitrogens with zero attached hydrogens (tertiary/aromatic N) is 1. The van der Waals surface area contributed by atoms with Crippen LogP contribution in [0.4, 0.5) is 0 Å². The first-order valence-electron chi connectivity index (χ1n) is 6.28. The lowest BCUT2D eigenvalue weighted by molar-refractivity contribution is 0.198. The van der Waals surface area contributed by atoms with Crippen LogP contribution in [0.3, 0.4) is 0 Å². The maximum Gasteiger partial charge on any atom is 0.121 e. The van der Waals surface area contributed by atoms with E-state index in [-0.39, 0.29) is 0 Å². The molecule has 1 N–H and O–H groups in total. The van der Waals surface area contributed by atoms with Gasteiger partial charge >= 0.3 is 0 Å². The Balaban J connectivity index is 2.12. The molecule has 1 aliphatic rings. The molecule has 0 bridgehead atoms. The van der Waals surface area contributed by atoms with Crippen molar-refractivity contribution >= 4 is 0 Å². The van der Waals surface area contributed by atoms with Gasteiger partial charge in [0.2, 0.25) is 0 Å². The number of hydrogen-bond donors (Lipinski definition) is 1. The monoisotopic (exact) mass is 222 g/mol. The second kappa shape index (κ2) is 5.51. The van der Waals surface area contributed by atoms with E-state index in [0.717, 1.165) is 12.3 Å². The fraction of sp³-hybridized carbons (Fsp3) is 0.692. The van der Waals surface area contributed by atoms with Crippen LogP contribution < -0.4 is 5.32 Å². The minimum absolute atomic E-state index is 0.474. The van der Waals surface area contributed by atoms with Crippen LogP contribution in [0.5, 0.6) is 0 Å². The molecule has 1 saturated heterocycles. The third-order valence-electron chi connectivity index (χ3n) is 3.44. The summed E-state index contributed by atoms with van der Waals surface area (Å²) in [7, 11) is 2.03. The van der Waals surface area contributed by atoms with Gasteiger partial charge in [0.05, 0.1) is 12.3 Å². The van der Waals surface area contributed by atoms with Gasteiger partial charge in [0.25, 0.3) is 0 Å². The van der Waals surface area contributed by atoms with Crippen molar-refractivity contribution in [1.82, 2.24) is 10.2 Å². The number of rotatable bonds is 5. The van der Waals surface area contributed by atoms with Crippen LogP contribution in [0.1, 0.15) is 31.6 Å². The molecule has 0 saturated carbocycles. The van der Waals surface area contributed by atoms with Crippen LogP contribution in [-0.4, -0.2) is 31.6 Å². The highest BCUT2D eigenvalue weighted by molar-refractivity contribution is 5.09. The standard InChI is InChI=1S/C13H22N2O/c1-3-7-15-8-6-11(10-14-2)13(15)12-5-4-9-16-12/h4-5,9,11,13-14H,3,6-8,10H2,1-2H3. The number of nitrogens with one attached hydrogen (secondary N) is 1. The van der Waals surface area contributed by atoms with E-state index >= 15 is 0 Å². The summed E-state index contributed by atoms with van der Waals surface area (Å²) < 4.78 is 5.60. The highest BCUT2D eigenvalue weighted by Gasteiger charge is 2.35. The van der Waals surface area contributed by atoms with E-state index in [4.69, 9.17) is 4.42 Å². The zero-order chi connectivity index (χ0) is 11.4. The molecule has 0 spiro atoms. The van der Waals surface area contributed by atoms with Gasteiger partial charge in [-0.15, -0.1) is 0 Å². The molecule has 90 valence electrons. The Morgan fingerprint density at radius 2 is 2.44 bits per heavy atom. The van der Waals surface area contributed by atoms with Crippen molar-refractivity contribution in [3.8, 4) is 0 Å². The normalized spacial score (nSPS) is 26.4. The second-order valence-corrected chi connectivity index (χ2v) is 4.60. The van der Waals surface area contributed by atoms with Crippen molar-refractivity contribution in [1.29, 1.82) is 0 Å². The van der Waals surface area contributed by atoms with Gasteiger partial charge in [0.15, 0.2) is 0 Å². The molecule has 1 aromatic heterocycles. The average Bonchev–Trinajstić information content (AvgIpc) is 2.88. The van der Waals surface area contributed by atoms with Gasteiger partial charge in [0.1, 0.15) is 5.76 Å². The number of furan rings is 1. The van der Waals surface area contributed by atoms with Gasteiger partial charge in [-0.25, -0.2) is 0 Å². The predicted octanol–water partition coefficient (Wildman–Crippen LogP) is 2.27. The molecule has 2 heterocycles. The van der Waals surface area contributed by atoms with Crippen LogP contribution in [0.15, 0.2) is 22.8 Å². The summed E-state index contributed by atoms with van der Waals surface area (Å²) in [6.07, 6.45) is 4.27. The molecule has 2 atom stereocenters. The van der Waals surface area contributed by atoms with E-state index in [0.29, 0.717) is 12.0 Å². The van der Waals surface area contributed by atoms with E-state index in [1.165, 1.54) is 25.9 Å². The van der Waals surface area contributed by atoms with Gasteiger partial charge < -0.3 is 9.73 Å². The SMILES string of the molecule is CCCN1CCC(CNC)C1c1ccco1. The first kappa shape index (κ1) is 11.7. The zero-order valence-electron chi connectivity index (χ0n) is 10.3. The Hall–Kier alpha value is -0.800. The van der Waals surface area contributed by atoms with Gasteiger partial charge in [-0.2, -0.15) is 0 Å². The van der Waals surface area contributed by atoms with Crippen molar-refractivity contribution in [2.45, 2.75) is 25.8 Å². The summed E-state index contributed by atoms with van der Waals surface area (Å²) in [5.41, 5.74) is 0.